The number of aryl methyl sites for hydroxylation is 1. The Kier molecular flexibility index (Phi) is 6.37. The van der Waals surface area contributed by atoms with Gasteiger partial charge in [0.15, 0.2) is 5.82 Å². The maximum absolute atomic E-state index is 12.8. The summed E-state index contributed by atoms with van der Waals surface area (Å²) in [5.41, 5.74) is 3.47. The summed E-state index contributed by atoms with van der Waals surface area (Å²) in [6, 6.07) is 19.7. The fourth-order valence-electron chi connectivity index (χ4n) is 2.78. The molecule has 144 valence electrons. The van der Waals surface area contributed by atoms with Crippen LogP contribution < -0.4 is 10.6 Å². The second-order valence-corrected chi connectivity index (χ2v) is 6.89. The number of rotatable bonds is 7. The van der Waals surface area contributed by atoms with Crippen molar-refractivity contribution in [2.75, 3.05) is 5.32 Å². The first-order valence-electron chi connectivity index (χ1n) is 9.60. The van der Waals surface area contributed by atoms with E-state index in [-0.39, 0.29) is 11.9 Å². The van der Waals surface area contributed by atoms with Gasteiger partial charge in [-0.25, -0.2) is 9.97 Å². The maximum atomic E-state index is 12.8. The van der Waals surface area contributed by atoms with E-state index >= 15 is 0 Å². The topological polar surface area (TPSA) is 66.9 Å². The Labute approximate surface area is 166 Å². The van der Waals surface area contributed by atoms with Gasteiger partial charge in [0.05, 0.1) is 0 Å². The third kappa shape index (κ3) is 4.94. The molecule has 0 bridgehead atoms. The van der Waals surface area contributed by atoms with E-state index in [1.165, 1.54) is 0 Å². The zero-order valence-electron chi connectivity index (χ0n) is 16.6. The number of benzene rings is 2. The van der Waals surface area contributed by atoms with E-state index in [4.69, 9.17) is 0 Å². The number of hydrogen-bond donors (Lipinski definition) is 2. The van der Waals surface area contributed by atoms with Gasteiger partial charge in [0.2, 0.25) is 0 Å². The summed E-state index contributed by atoms with van der Waals surface area (Å²) in [4.78, 5) is 21.9. The molecule has 1 aromatic heterocycles. The van der Waals surface area contributed by atoms with Gasteiger partial charge in [-0.05, 0) is 31.4 Å². The minimum Gasteiger partial charge on any atom is -0.367 e. The van der Waals surface area contributed by atoms with Crippen LogP contribution in [0.15, 0.2) is 60.7 Å². The van der Waals surface area contributed by atoms with E-state index in [0.29, 0.717) is 23.9 Å². The summed E-state index contributed by atoms with van der Waals surface area (Å²) < 4.78 is 0. The van der Waals surface area contributed by atoms with Crippen LogP contribution in [-0.2, 0) is 6.54 Å². The van der Waals surface area contributed by atoms with Crippen LogP contribution >= 0.6 is 0 Å². The number of anilines is 1. The summed E-state index contributed by atoms with van der Waals surface area (Å²) in [7, 11) is 0. The monoisotopic (exact) mass is 374 g/mol. The van der Waals surface area contributed by atoms with Crippen molar-refractivity contribution in [3.8, 4) is 11.4 Å². The van der Waals surface area contributed by atoms with Crippen molar-refractivity contribution in [1.82, 2.24) is 15.3 Å². The molecule has 3 rings (SSSR count). The van der Waals surface area contributed by atoms with E-state index in [9.17, 15) is 4.79 Å². The zero-order chi connectivity index (χ0) is 19.9. The highest BCUT2D eigenvalue weighted by Crippen LogP contribution is 2.19. The number of amides is 1. The van der Waals surface area contributed by atoms with E-state index in [1.807, 2.05) is 61.5 Å². The number of hydrogen-bond acceptors (Lipinski definition) is 4. The fourth-order valence-corrected chi connectivity index (χ4v) is 2.78. The van der Waals surface area contributed by atoms with Gasteiger partial charge < -0.3 is 10.6 Å². The lowest BCUT2D eigenvalue weighted by Crippen LogP contribution is -2.25. The molecule has 0 aliphatic rings. The number of carbonyl (C=O) groups is 1. The van der Waals surface area contributed by atoms with E-state index < -0.39 is 0 Å². The molecule has 2 N–H and O–H groups in total. The molecule has 5 heteroatoms. The van der Waals surface area contributed by atoms with Crippen LogP contribution in [0, 0.1) is 6.92 Å². The van der Waals surface area contributed by atoms with Crippen LogP contribution in [0.25, 0.3) is 11.4 Å². The first kappa shape index (κ1) is 19.5. The lowest BCUT2D eigenvalue weighted by atomic mass is 10.1. The van der Waals surface area contributed by atoms with Gasteiger partial charge in [0.1, 0.15) is 11.5 Å². The number of nitrogens with zero attached hydrogens (tertiary/aromatic N) is 2. The Morgan fingerprint density at radius 2 is 1.75 bits per heavy atom. The molecule has 0 aliphatic heterocycles. The SMILES string of the molecule is CCC(C)Nc1cc(C(=O)NCc2ccccc2C)nc(-c2ccccc2)n1. The molecule has 0 aliphatic carbocycles. The van der Waals surface area contributed by atoms with Gasteiger partial charge >= 0.3 is 0 Å². The quantitative estimate of drug-likeness (QED) is 0.635. The molecule has 1 heterocycles. The van der Waals surface area contributed by atoms with Crippen LogP contribution in [0.4, 0.5) is 5.82 Å². The van der Waals surface area contributed by atoms with Crippen LogP contribution in [0.1, 0.15) is 41.9 Å². The molecule has 2 aromatic carbocycles. The molecule has 0 saturated carbocycles. The highest BCUT2D eigenvalue weighted by atomic mass is 16.1. The average Bonchev–Trinajstić information content (AvgIpc) is 2.73. The van der Waals surface area contributed by atoms with Crippen LogP contribution in [0.2, 0.25) is 0 Å². The lowest BCUT2D eigenvalue weighted by molar-refractivity contribution is 0.0946. The smallest absolute Gasteiger partial charge is 0.270 e. The number of carbonyl (C=O) groups excluding carboxylic acids is 1. The Morgan fingerprint density at radius 1 is 1.04 bits per heavy atom. The lowest BCUT2D eigenvalue weighted by Gasteiger charge is -2.14. The molecule has 1 amide bonds. The Balaban J connectivity index is 1.86. The Bertz CT molecular complexity index is 940. The predicted octanol–water partition coefficient (Wildman–Crippen LogP) is 4.59. The largest absolute Gasteiger partial charge is 0.367 e. The van der Waals surface area contributed by atoms with Crippen LogP contribution in [0.3, 0.4) is 0 Å². The third-order valence-corrected chi connectivity index (χ3v) is 4.70. The van der Waals surface area contributed by atoms with Gasteiger partial charge in [0.25, 0.3) is 5.91 Å². The molecular formula is C23H26N4O. The van der Waals surface area contributed by atoms with Crippen molar-refractivity contribution >= 4 is 11.7 Å². The standard InChI is InChI=1S/C23H26N4O/c1-4-17(3)25-21-14-20(26-22(27-21)18-11-6-5-7-12-18)23(28)24-15-19-13-9-8-10-16(19)2/h5-14,17H,4,15H2,1-3H3,(H,24,28)(H,25,26,27). The van der Waals surface area contributed by atoms with Gasteiger partial charge in [-0.3, -0.25) is 4.79 Å². The molecule has 1 atom stereocenters. The highest BCUT2D eigenvalue weighted by molar-refractivity contribution is 5.93. The normalized spacial score (nSPS) is 11.7. The maximum Gasteiger partial charge on any atom is 0.270 e. The van der Waals surface area contributed by atoms with Crippen LogP contribution in [0.5, 0.6) is 0 Å². The van der Waals surface area contributed by atoms with Crippen molar-refractivity contribution < 1.29 is 4.79 Å². The zero-order valence-corrected chi connectivity index (χ0v) is 16.6. The van der Waals surface area contributed by atoms with Crippen molar-refractivity contribution in [3.63, 3.8) is 0 Å². The number of aromatic nitrogens is 2. The van der Waals surface area contributed by atoms with Crippen molar-refractivity contribution in [2.24, 2.45) is 0 Å². The Morgan fingerprint density at radius 3 is 2.46 bits per heavy atom. The molecule has 1 unspecified atom stereocenters. The summed E-state index contributed by atoms with van der Waals surface area (Å²) >= 11 is 0. The molecule has 5 nitrogen and oxygen atoms in total. The summed E-state index contributed by atoms with van der Waals surface area (Å²) in [5, 5.41) is 6.32. The molecule has 0 spiro atoms. The van der Waals surface area contributed by atoms with Crippen molar-refractivity contribution in [3.05, 3.63) is 77.5 Å². The molecule has 0 radical (unpaired) electrons. The van der Waals surface area contributed by atoms with E-state index in [2.05, 4.69) is 34.4 Å². The number of nitrogens with one attached hydrogen (secondary N) is 2. The molecule has 0 fully saturated rings. The fraction of sp³-hybridized carbons (Fsp3) is 0.261. The van der Waals surface area contributed by atoms with Gasteiger partial charge in [0, 0.05) is 24.2 Å². The average molecular weight is 374 g/mol. The Hall–Kier alpha value is -3.21. The summed E-state index contributed by atoms with van der Waals surface area (Å²) in [6.45, 7) is 6.69. The van der Waals surface area contributed by atoms with Gasteiger partial charge in [-0.1, -0.05) is 61.5 Å². The molecule has 0 saturated heterocycles. The first-order chi connectivity index (χ1) is 13.6. The molecule has 28 heavy (non-hydrogen) atoms. The minimum absolute atomic E-state index is 0.213. The second kappa shape index (κ2) is 9.13. The minimum atomic E-state index is -0.213. The highest BCUT2D eigenvalue weighted by Gasteiger charge is 2.14. The molecule has 3 aromatic rings. The van der Waals surface area contributed by atoms with E-state index in [0.717, 1.165) is 23.1 Å². The summed E-state index contributed by atoms with van der Waals surface area (Å²) in [5.74, 6) is 0.981. The molecular weight excluding hydrogens is 348 g/mol. The third-order valence-electron chi connectivity index (χ3n) is 4.70. The van der Waals surface area contributed by atoms with Crippen molar-refractivity contribution in [2.45, 2.75) is 39.8 Å². The predicted molar refractivity (Wildman–Crippen MR) is 113 cm³/mol. The summed E-state index contributed by atoms with van der Waals surface area (Å²) in [6.07, 6.45) is 0.958. The second-order valence-electron chi connectivity index (χ2n) is 6.89. The van der Waals surface area contributed by atoms with E-state index in [1.54, 1.807) is 6.07 Å². The first-order valence-corrected chi connectivity index (χ1v) is 9.60. The van der Waals surface area contributed by atoms with Gasteiger partial charge in [-0.2, -0.15) is 0 Å². The van der Waals surface area contributed by atoms with Crippen molar-refractivity contribution in [1.29, 1.82) is 0 Å². The van der Waals surface area contributed by atoms with Gasteiger partial charge in [-0.15, -0.1) is 0 Å². The van der Waals surface area contributed by atoms with Crippen LogP contribution in [-0.4, -0.2) is 21.9 Å².